The summed E-state index contributed by atoms with van der Waals surface area (Å²) in [6.45, 7) is 6.51. The Morgan fingerprint density at radius 1 is 1.05 bits per heavy atom. The van der Waals surface area contributed by atoms with E-state index in [2.05, 4.69) is 0 Å². The van der Waals surface area contributed by atoms with Crippen LogP contribution in [0, 0.1) is 5.92 Å². The fourth-order valence-corrected chi connectivity index (χ4v) is 4.95. The van der Waals surface area contributed by atoms with Crippen LogP contribution in [0.1, 0.15) is 49.4 Å². The van der Waals surface area contributed by atoms with Crippen LogP contribution < -0.4 is 10.3 Å². The van der Waals surface area contributed by atoms with Crippen molar-refractivity contribution in [3.05, 3.63) is 98.5 Å². The van der Waals surface area contributed by atoms with Crippen molar-refractivity contribution in [2.75, 3.05) is 13.7 Å². The minimum atomic E-state index is -0.499. The molecule has 3 aromatic carbocycles. The minimum Gasteiger partial charge on any atom is -0.497 e. The van der Waals surface area contributed by atoms with Crippen molar-refractivity contribution in [2.45, 2.75) is 33.2 Å². The lowest BCUT2D eigenvalue weighted by Gasteiger charge is -2.34. The molecule has 0 fully saturated rings. The van der Waals surface area contributed by atoms with Crippen LogP contribution >= 0.6 is 23.2 Å². The van der Waals surface area contributed by atoms with Gasteiger partial charge in [-0.2, -0.15) is 0 Å². The minimum absolute atomic E-state index is 0.158. The van der Waals surface area contributed by atoms with Gasteiger partial charge in [-0.15, -0.1) is 0 Å². The van der Waals surface area contributed by atoms with Crippen molar-refractivity contribution >= 4 is 40.0 Å². The number of methoxy groups -OCH3 is 1. The number of carbonyl (C=O) groups excluding carboxylic acids is 1. The second-order valence-corrected chi connectivity index (χ2v) is 10.1. The molecule has 4 aromatic rings. The summed E-state index contributed by atoms with van der Waals surface area (Å²) in [4.78, 5) is 34.5. The van der Waals surface area contributed by atoms with E-state index in [1.807, 2.05) is 51.1 Å². The largest absolute Gasteiger partial charge is 0.497 e. The predicted molar refractivity (Wildman–Crippen MR) is 149 cm³/mol. The molecule has 1 aromatic heterocycles. The lowest BCUT2D eigenvalue weighted by molar-refractivity contribution is 0.0631. The number of nitrogens with zero attached hydrogens (tertiary/aromatic N) is 3. The van der Waals surface area contributed by atoms with Crippen molar-refractivity contribution in [3.63, 3.8) is 0 Å². The van der Waals surface area contributed by atoms with Crippen molar-refractivity contribution < 1.29 is 9.53 Å². The number of aromatic nitrogens is 2. The lowest BCUT2D eigenvalue weighted by Crippen LogP contribution is -2.40. The Balaban J connectivity index is 1.95. The molecule has 0 aliphatic rings. The molecular weight excluding hydrogens is 509 g/mol. The fraction of sp³-hybridized carbons (Fsp3) is 0.276. The van der Waals surface area contributed by atoms with E-state index < -0.39 is 6.04 Å². The Morgan fingerprint density at radius 3 is 2.38 bits per heavy atom. The highest BCUT2D eigenvalue weighted by Crippen LogP contribution is 2.31. The number of halogens is 2. The first-order valence-electron chi connectivity index (χ1n) is 12.2. The Morgan fingerprint density at radius 2 is 1.76 bits per heavy atom. The van der Waals surface area contributed by atoms with Gasteiger partial charge in [0.25, 0.3) is 11.5 Å². The van der Waals surface area contributed by atoms with E-state index in [9.17, 15) is 9.59 Å². The maximum atomic E-state index is 13.9. The molecule has 4 rings (SSSR count). The van der Waals surface area contributed by atoms with E-state index in [1.165, 1.54) is 0 Å². The molecule has 8 heteroatoms. The molecule has 1 amide bonds. The van der Waals surface area contributed by atoms with Gasteiger partial charge in [-0.05, 0) is 66.9 Å². The van der Waals surface area contributed by atoms with Crippen LogP contribution in [0.25, 0.3) is 16.6 Å². The van der Waals surface area contributed by atoms with Gasteiger partial charge in [-0.3, -0.25) is 14.2 Å². The lowest BCUT2D eigenvalue weighted by atomic mass is 10.1. The molecule has 1 unspecified atom stereocenters. The van der Waals surface area contributed by atoms with E-state index in [0.717, 1.165) is 0 Å². The van der Waals surface area contributed by atoms with Crippen LogP contribution in [-0.4, -0.2) is 34.0 Å². The Hall–Kier alpha value is -3.35. The van der Waals surface area contributed by atoms with E-state index >= 15 is 0 Å². The van der Waals surface area contributed by atoms with E-state index in [-0.39, 0.29) is 22.4 Å². The van der Waals surface area contributed by atoms with E-state index in [1.54, 1.807) is 53.0 Å². The number of carbonyl (C=O) groups is 1. The van der Waals surface area contributed by atoms with Gasteiger partial charge >= 0.3 is 0 Å². The number of para-hydroxylation sites is 1. The molecule has 0 aliphatic carbocycles. The number of ether oxygens (including phenoxy) is 1. The molecule has 0 saturated heterocycles. The van der Waals surface area contributed by atoms with Crippen LogP contribution in [0.2, 0.25) is 10.0 Å². The molecule has 1 heterocycles. The van der Waals surface area contributed by atoms with Crippen LogP contribution in [0.15, 0.2) is 71.5 Å². The van der Waals surface area contributed by atoms with Crippen molar-refractivity contribution in [1.29, 1.82) is 0 Å². The summed E-state index contributed by atoms with van der Waals surface area (Å²) in [5.41, 5.74) is 1.36. The van der Waals surface area contributed by atoms with Crippen LogP contribution in [-0.2, 0) is 0 Å². The predicted octanol–water partition coefficient (Wildman–Crippen LogP) is 6.95. The Bertz CT molecular complexity index is 1480. The highest BCUT2D eigenvalue weighted by atomic mass is 35.5. The van der Waals surface area contributed by atoms with E-state index in [0.29, 0.717) is 51.7 Å². The fourth-order valence-electron chi connectivity index (χ4n) is 4.46. The first-order valence-corrected chi connectivity index (χ1v) is 12.9. The third-order valence-corrected chi connectivity index (χ3v) is 6.73. The number of benzene rings is 3. The standard InChI is InChI=1S/C29H29Cl2N3O3/c1-5-26(33(17-18(2)3)28(35)22-15-10-19(30)16-24(22)31)27-32-25-9-7-6-8-23(25)29(36)34(27)20-11-13-21(37-4)14-12-20/h6-16,18,26H,5,17H2,1-4H3. The molecule has 6 nitrogen and oxygen atoms in total. The Labute approximate surface area is 226 Å². The first-order chi connectivity index (χ1) is 17.7. The highest BCUT2D eigenvalue weighted by Gasteiger charge is 2.31. The second-order valence-electron chi connectivity index (χ2n) is 9.23. The zero-order chi connectivity index (χ0) is 26.7. The molecule has 0 radical (unpaired) electrons. The van der Waals surface area contributed by atoms with Gasteiger partial charge in [0.15, 0.2) is 0 Å². The van der Waals surface area contributed by atoms with Crippen LogP contribution in [0.5, 0.6) is 5.75 Å². The average Bonchev–Trinajstić information content (AvgIpc) is 2.88. The molecular formula is C29H29Cl2N3O3. The summed E-state index contributed by atoms with van der Waals surface area (Å²) in [5, 5.41) is 1.23. The summed E-state index contributed by atoms with van der Waals surface area (Å²) in [6, 6.07) is 18.8. The summed E-state index contributed by atoms with van der Waals surface area (Å²) in [5.74, 6) is 1.07. The SMILES string of the molecule is CCC(c1nc2ccccc2c(=O)n1-c1ccc(OC)cc1)N(CC(C)C)C(=O)c1ccc(Cl)cc1Cl. The number of rotatable bonds is 8. The summed E-state index contributed by atoms with van der Waals surface area (Å²) in [7, 11) is 1.59. The number of fused-ring (bicyclic) bond motifs is 1. The maximum Gasteiger partial charge on any atom is 0.266 e. The zero-order valence-corrected chi connectivity index (χ0v) is 22.8. The quantitative estimate of drug-likeness (QED) is 0.244. The first kappa shape index (κ1) is 26.7. The second kappa shape index (κ2) is 11.4. The third kappa shape index (κ3) is 5.50. The Kier molecular flexibility index (Phi) is 8.20. The third-order valence-electron chi connectivity index (χ3n) is 6.18. The molecule has 1 atom stereocenters. The highest BCUT2D eigenvalue weighted by molar-refractivity contribution is 6.36. The monoisotopic (exact) mass is 537 g/mol. The number of amides is 1. The summed E-state index contributed by atoms with van der Waals surface area (Å²) < 4.78 is 6.91. The molecule has 0 bridgehead atoms. The maximum absolute atomic E-state index is 13.9. The molecule has 192 valence electrons. The summed E-state index contributed by atoms with van der Waals surface area (Å²) >= 11 is 12.5. The van der Waals surface area contributed by atoms with Gasteiger partial charge in [0.2, 0.25) is 0 Å². The van der Waals surface area contributed by atoms with E-state index in [4.69, 9.17) is 32.9 Å². The van der Waals surface area contributed by atoms with Crippen molar-refractivity contribution in [1.82, 2.24) is 14.5 Å². The normalized spacial score (nSPS) is 12.1. The number of hydrogen-bond acceptors (Lipinski definition) is 4. The van der Waals surface area contributed by atoms with Crippen molar-refractivity contribution in [3.8, 4) is 11.4 Å². The van der Waals surface area contributed by atoms with Gasteiger partial charge in [-0.1, -0.05) is 56.1 Å². The molecule has 0 N–H and O–H groups in total. The number of hydrogen-bond donors (Lipinski definition) is 0. The molecule has 0 spiro atoms. The van der Waals surface area contributed by atoms with Crippen molar-refractivity contribution in [2.24, 2.45) is 5.92 Å². The molecule has 0 aliphatic heterocycles. The van der Waals surface area contributed by atoms with Gasteiger partial charge in [0.05, 0.1) is 40.3 Å². The van der Waals surface area contributed by atoms with Gasteiger partial charge in [0.1, 0.15) is 11.6 Å². The molecule has 0 saturated carbocycles. The summed E-state index contributed by atoms with van der Waals surface area (Å²) in [6.07, 6.45) is 0.532. The zero-order valence-electron chi connectivity index (χ0n) is 21.2. The topological polar surface area (TPSA) is 64.4 Å². The van der Waals surface area contributed by atoms with Gasteiger partial charge in [-0.25, -0.2) is 4.98 Å². The van der Waals surface area contributed by atoms with Gasteiger partial charge in [0, 0.05) is 11.6 Å². The smallest absolute Gasteiger partial charge is 0.266 e. The average molecular weight is 538 g/mol. The van der Waals surface area contributed by atoms with Crippen LogP contribution in [0.3, 0.4) is 0 Å². The van der Waals surface area contributed by atoms with Gasteiger partial charge < -0.3 is 9.64 Å². The molecule has 37 heavy (non-hydrogen) atoms. The van der Waals surface area contributed by atoms with Crippen LogP contribution in [0.4, 0.5) is 0 Å².